The Kier molecular flexibility index (Phi) is 4.89. The third-order valence-electron chi connectivity index (χ3n) is 2.92. The van der Waals surface area contributed by atoms with Crippen LogP contribution in [-0.2, 0) is 0 Å². The van der Waals surface area contributed by atoms with Gasteiger partial charge in [-0.3, -0.25) is 20.4 Å². The Morgan fingerprint density at radius 1 is 1.04 bits per heavy atom. The number of amides is 2. The molecule has 0 spiro atoms. The molecule has 122 valence electrons. The summed E-state index contributed by atoms with van der Waals surface area (Å²) in [6.45, 7) is 0. The zero-order valence-electron chi connectivity index (χ0n) is 11.9. The molecular formula is C15H9ClFN3O2S2. The van der Waals surface area contributed by atoms with Crippen LogP contribution in [0.3, 0.4) is 0 Å². The van der Waals surface area contributed by atoms with Gasteiger partial charge < -0.3 is 0 Å². The van der Waals surface area contributed by atoms with E-state index in [2.05, 4.69) is 15.8 Å². The smallest absolute Gasteiger partial charge is 0.267 e. The SMILES string of the molecule is O=C(NNC(=O)c1csc(-c2ccc(Cl)s2)n1)c1ccc(F)cc1. The number of halogens is 2. The van der Waals surface area contributed by atoms with E-state index in [1.165, 1.54) is 34.8 Å². The van der Waals surface area contributed by atoms with Crippen LogP contribution in [-0.4, -0.2) is 16.8 Å². The Morgan fingerprint density at radius 3 is 2.42 bits per heavy atom. The minimum absolute atomic E-state index is 0.180. The van der Waals surface area contributed by atoms with E-state index in [4.69, 9.17) is 11.6 Å². The van der Waals surface area contributed by atoms with Gasteiger partial charge in [-0.15, -0.1) is 22.7 Å². The second kappa shape index (κ2) is 7.08. The molecule has 0 radical (unpaired) electrons. The predicted octanol–water partition coefficient (Wildman–Crippen LogP) is 3.74. The van der Waals surface area contributed by atoms with Crippen molar-refractivity contribution in [3.8, 4) is 9.88 Å². The first kappa shape index (κ1) is 16.6. The van der Waals surface area contributed by atoms with Crippen molar-refractivity contribution in [3.63, 3.8) is 0 Å². The zero-order chi connectivity index (χ0) is 17.1. The van der Waals surface area contributed by atoms with Gasteiger partial charge in [0.1, 0.15) is 16.5 Å². The molecule has 0 aliphatic heterocycles. The van der Waals surface area contributed by atoms with Gasteiger partial charge in [-0.1, -0.05) is 11.6 Å². The Morgan fingerprint density at radius 2 is 1.75 bits per heavy atom. The van der Waals surface area contributed by atoms with Gasteiger partial charge in [0, 0.05) is 10.9 Å². The monoisotopic (exact) mass is 381 g/mol. The summed E-state index contributed by atoms with van der Waals surface area (Å²) in [5.41, 5.74) is 4.93. The molecule has 0 atom stereocenters. The highest BCUT2D eigenvalue weighted by molar-refractivity contribution is 7.23. The first-order chi connectivity index (χ1) is 11.5. The van der Waals surface area contributed by atoms with E-state index in [-0.39, 0.29) is 11.3 Å². The quantitative estimate of drug-likeness (QED) is 0.679. The largest absolute Gasteiger partial charge is 0.289 e. The molecule has 0 fully saturated rings. The van der Waals surface area contributed by atoms with Crippen molar-refractivity contribution in [2.75, 3.05) is 0 Å². The summed E-state index contributed by atoms with van der Waals surface area (Å²) < 4.78 is 13.5. The van der Waals surface area contributed by atoms with Crippen LogP contribution in [0.15, 0.2) is 41.8 Å². The molecule has 1 aromatic carbocycles. The van der Waals surface area contributed by atoms with Crippen LogP contribution in [0.5, 0.6) is 0 Å². The van der Waals surface area contributed by atoms with Gasteiger partial charge in [-0.25, -0.2) is 9.37 Å². The second-order valence-corrected chi connectivity index (χ2v) is 7.13. The topological polar surface area (TPSA) is 71.1 Å². The van der Waals surface area contributed by atoms with E-state index in [9.17, 15) is 14.0 Å². The third kappa shape index (κ3) is 3.78. The molecule has 2 aromatic heterocycles. The van der Waals surface area contributed by atoms with Crippen LogP contribution >= 0.6 is 34.3 Å². The minimum Gasteiger partial charge on any atom is -0.267 e. The molecule has 3 aromatic rings. The molecule has 2 amide bonds. The van der Waals surface area contributed by atoms with E-state index in [0.29, 0.717) is 9.34 Å². The summed E-state index contributed by atoms with van der Waals surface area (Å²) in [7, 11) is 0. The highest BCUT2D eigenvalue weighted by Gasteiger charge is 2.14. The standard InChI is InChI=1S/C15H9ClFN3O2S2/c16-12-6-5-11(24-12)15-18-10(7-23-15)14(22)20-19-13(21)8-1-3-9(17)4-2-8/h1-7H,(H,19,21)(H,20,22). The predicted molar refractivity (Wildman–Crippen MR) is 91.8 cm³/mol. The highest BCUT2D eigenvalue weighted by atomic mass is 35.5. The van der Waals surface area contributed by atoms with Crippen LogP contribution in [0.2, 0.25) is 4.34 Å². The van der Waals surface area contributed by atoms with Gasteiger partial charge in [0.05, 0.1) is 9.21 Å². The number of carbonyl (C=O) groups is 2. The van der Waals surface area contributed by atoms with E-state index in [1.54, 1.807) is 11.4 Å². The van der Waals surface area contributed by atoms with Crippen LogP contribution < -0.4 is 10.9 Å². The molecule has 0 unspecified atom stereocenters. The molecule has 9 heteroatoms. The average Bonchev–Trinajstić information content (AvgIpc) is 3.22. The first-order valence-electron chi connectivity index (χ1n) is 6.60. The number of benzene rings is 1. The van der Waals surface area contributed by atoms with E-state index < -0.39 is 17.6 Å². The molecule has 5 nitrogen and oxygen atoms in total. The maximum Gasteiger partial charge on any atom is 0.289 e. The molecule has 0 saturated heterocycles. The van der Waals surface area contributed by atoms with E-state index >= 15 is 0 Å². The van der Waals surface area contributed by atoms with Gasteiger partial charge in [0.15, 0.2) is 0 Å². The molecule has 0 aliphatic rings. The second-order valence-electron chi connectivity index (χ2n) is 4.56. The van der Waals surface area contributed by atoms with Crippen LogP contribution in [0.4, 0.5) is 4.39 Å². The Hall–Kier alpha value is -2.29. The van der Waals surface area contributed by atoms with Crippen molar-refractivity contribution in [2.24, 2.45) is 0 Å². The van der Waals surface area contributed by atoms with Gasteiger partial charge in [-0.2, -0.15) is 0 Å². The number of hydrogen-bond acceptors (Lipinski definition) is 5. The highest BCUT2D eigenvalue weighted by Crippen LogP contribution is 2.32. The molecular weight excluding hydrogens is 373 g/mol. The van der Waals surface area contributed by atoms with Gasteiger partial charge in [0.25, 0.3) is 11.8 Å². The maximum absolute atomic E-state index is 12.8. The molecule has 3 rings (SSSR count). The van der Waals surface area contributed by atoms with Crippen molar-refractivity contribution in [1.82, 2.24) is 15.8 Å². The van der Waals surface area contributed by atoms with Crippen LogP contribution in [0, 0.1) is 5.82 Å². The summed E-state index contributed by atoms with van der Waals surface area (Å²) in [5.74, 6) is -1.54. The number of rotatable bonds is 3. The lowest BCUT2D eigenvalue weighted by atomic mass is 10.2. The number of carbonyl (C=O) groups excluding carboxylic acids is 2. The summed E-state index contributed by atoms with van der Waals surface area (Å²) in [6, 6.07) is 8.54. The first-order valence-corrected chi connectivity index (χ1v) is 8.68. The molecule has 2 N–H and O–H groups in total. The molecule has 0 aliphatic carbocycles. The molecule has 0 bridgehead atoms. The Bertz CT molecular complexity index is 892. The maximum atomic E-state index is 12.8. The molecule has 0 saturated carbocycles. The molecule has 2 heterocycles. The summed E-state index contributed by atoms with van der Waals surface area (Å²) in [5, 5.41) is 2.25. The number of nitrogens with zero attached hydrogens (tertiary/aromatic N) is 1. The molecule has 24 heavy (non-hydrogen) atoms. The van der Waals surface area contributed by atoms with Gasteiger partial charge in [0.2, 0.25) is 0 Å². The lowest BCUT2D eigenvalue weighted by Crippen LogP contribution is -2.41. The number of hydrogen-bond donors (Lipinski definition) is 2. The lowest BCUT2D eigenvalue weighted by Gasteiger charge is -2.05. The number of nitrogens with one attached hydrogen (secondary N) is 2. The lowest BCUT2D eigenvalue weighted by molar-refractivity contribution is 0.0844. The fourth-order valence-electron chi connectivity index (χ4n) is 1.77. The minimum atomic E-state index is -0.552. The fraction of sp³-hybridized carbons (Fsp3) is 0. The summed E-state index contributed by atoms with van der Waals surface area (Å²) in [4.78, 5) is 28.9. The van der Waals surface area contributed by atoms with Gasteiger partial charge in [-0.05, 0) is 36.4 Å². The third-order valence-corrected chi connectivity index (χ3v) is 5.16. The van der Waals surface area contributed by atoms with E-state index in [1.807, 2.05) is 6.07 Å². The van der Waals surface area contributed by atoms with Crippen molar-refractivity contribution >= 4 is 46.1 Å². The number of thiophene rings is 1. The Labute approximate surface area is 149 Å². The van der Waals surface area contributed by atoms with Crippen molar-refractivity contribution < 1.29 is 14.0 Å². The zero-order valence-corrected chi connectivity index (χ0v) is 14.3. The number of aromatic nitrogens is 1. The number of hydrazine groups is 1. The summed E-state index contributed by atoms with van der Waals surface area (Å²) >= 11 is 8.54. The van der Waals surface area contributed by atoms with Gasteiger partial charge >= 0.3 is 0 Å². The van der Waals surface area contributed by atoms with E-state index in [0.717, 1.165) is 17.0 Å². The fourth-order valence-corrected chi connectivity index (χ4v) is 3.69. The van der Waals surface area contributed by atoms with Crippen LogP contribution in [0.25, 0.3) is 9.88 Å². The Balaban J connectivity index is 1.62. The van der Waals surface area contributed by atoms with Crippen molar-refractivity contribution in [3.05, 3.63) is 63.2 Å². The number of thiazole rings is 1. The van der Waals surface area contributed by atoms with Crippen molar-refractivity contribution in [1.29, 1.82) is 0 Å². The normalized spacial score (nSPS) is 10.4. The van der Waals surface area contributed by atoms with Crippen molar-refractivity contribution in [2.45, 2.75) is 0 Å². The summed E-state index contributed by atoms with van der Waals surface area (Å²) in [6.07, 6.45) is 0. The average molecular weight is 382 g/mol. The van der Waals surface area contributed by atoms with Crippen LogP contribution in [0.1, 0.15) is 20.8 Å².